The molecule has 1 rings (SSSR count). The summed E-state index contributed by atoms with van der Waals surface area (Å²) in [4.78, 5) is 13.0. The van der Waals surface area contributed by atoms with Crippen LogP contribution in [-0.4, -0.2) is 40.7 Å². The van der Waals surface area contributed by atoms with Gasteiger partial charge in [0.15, 0.2) is 0 Å². The Hall–Kier alpha value is -0.820. The zero-order valence-corrected chi connectivity index (χ0v) is 6.76. The molecule has 0 aromatic heterocycles. The summed E-state index contributed by atoms with van der Waals surface area (Å²) >= 11 is 0. The first-order chi connectivity index (χ1) is 5.79. The Bertz CT molecular complexity index is 223. The van der Waals surface area contributed by atoms with Crippen LogP contribution >= 0.6 is 0 Å². The summed E-state index contributed by atoms with van der Waals surface area (Å²) in [6, 6.07) is -4.00. The van der Waals surface area contributed by atoms with Gasteiger partial charge in [-0.1, -0.05) is 0 Å². The minimum absolute atomic E-state index is 0.328. The number of halogens is 3. The lowest BCUT2D eigenvalue weighted by molar-refractivity contribution is -0.264. The molecule has 1 aliphatic heterocycles. The van der Waals surface area contributed by atoms with Gasteiger partial charge in [-0.15, -0.1) is 0 Å². The van der Waals surface area contributed by atoms with Crippen LogP contribution in [0.1, 0.15) is 6.92 Å². The lowest BCUT2D eigenvalue weighted by Gasteiger charge is -2.45. The molecule has 0 bridgehead atoms. The molecule has 0 aliphatic carbocycles. The van der Waals surface area contributed by atoms with Crippen LogP contribution in [0.3, 0.4) is 0 Å². The maximum absolute atomic E-state index is 12.7. The zero-order valence-electron chi connectivity index (χ0n) is 6.76. The Labute approximate surface area is 71.8 Å². The van der Waals surface area contributed by atoms with E-state index in [0.29, 0.717) is 4.90 Å². The second kappa shape index (κ2) is 2.85. The Kier molecular flexibility index (Phi) is 2.25. The number of likely N-dealkylation sites (tertiary alicyclic amines) is 1. The number of alkyl halides is 2. The largest absolute Gasteiger partial charge is 0.434 e. The number of nitrogens with zero attached hydrogens (tertiary/aromatic N) is 1. The van der Waals surface area contributed by atoms with Crippen LogP contribution in [0.4, 0.5) is 13.3 Å². The number of carbonyl (C=O) groups excluding carboxylic acids is 1. The van der Waals surface area contributed by atoms with Gasteiger partial charge in [-0.05, 0) is 6.92 Å². The average molecular weight is 199 g/mol. The van der Waals surface area contributed by atoms with E-state index in [1.54, 1.807) is 0 Å². The first-order valence-corrected chi connectivity index (χ1v) is 3.48. The van der Waals surface area contributed by atoms with Gasteiger partial charge in [-0.3, -0.25) is 0 Å². The van der Waals surface area contributed by atoms with Crippen LogP contribution in [0.15, 0.2) is 0 Å². The average Bonchev–Trinajstić information content (AvgIpc) is 1.98. The normalized spacial score (nSPS) is 22.2. The predicted octanol–water partition coefficient (Wildman–Crippen LogP) is 0.0735. The second-order valence-corrected chi connectivity index (χ2v) is 3.26. The molecule has 0 unspecified atom stereocenters. The van der Waals surface area contributed by atoms with Crippen molar-refractivity contribution in [3.8, 4) is 0 Å². The molecule has 1 aliphatic rings. The summed E-state index contributed by atoms with van der Waals surface area (Å²) in [6.07, 6.45) is 0. The van der Waals surface area contributed by atoms with Crippen molar-refractivity contribution < 1.29 is 28.1 Å². The van der Waals surface area contributed by atoms with Crippen molar-refractivity contribution >= 4 is 5.97 Å². The van der Waals surface area contributed by atoms with Crippen molar-refractivity contribution in [3.05, 3.63) is 0 Å². The monoisotopic (exact) mass is 199 g/mol. The van der Waals surface area contributed by atoms with Crippen molar-refractivity contribution in [1.82, 2.24) is 4.90 Å². The Morgan fingerprint density at radius 1 is 1.62 bits per heavy atom. The van der Waals surface area contributed by atoms with Crippen molar-refractivity contribution in [2.24, 2.45) is 0 Å². The van der Waals surface area contributed by atoms with Crippen LogP contribution in [0.2, 0.25) is 0 Å². The van der Waals surface area contributed by atoms with Crippen LogP contribution in [0, 0.1) is 0 Å². The SMILES string of the molecule is CC1(O)CN(C(F)(F)C(=O)OF)C1. The van der Waals surface area contributed by atoms with Crippen molar-refractivity contribution in [2.75, 3.05) is 13.1 Å². The molecular formula is C6H8F3NO3. The Balaban J connectivity index is 2.58. The molecule has 1 N–H and O–H groups in total. The van der Waals surface area contributed by atoms with Gasteiger partial charge in [0, 0.05) is 17.6 Å². The molecule has 76 valence electrons. The molecule has 4 nitrogen and oxygen atoms in total. The highest BCUT2D eigenvalue weighted by Gasteiger charge is 2.56. The van der Waals surface area contributed by atoms with Gasteiger partial charge in [0.05, 0.1) is 5.60 Å². The molecule has 0 amide bonds. The number of β-amino-alcohol motifs (C(OH)–C–C–N with tert-alkyl or cyclic N) is 1. The highest BCUT2D eigenvalue weighted by Crippen LogP contribution is 2.31. The van der Waals surface area contributed by atoms with Crippen molar-refractivity contribution in [1.29, 1.82) is 0 Å². The van der Waals surface area contributed by atoms with Crippen LogP contribution in [0.5, 0.6) is 0 Å². The summed E-state index contributed by atoms with van der Waals surface area (Å²) < 4.78 is 36.6. The van der Waals surface area contributed by atoms with Crippen molar-refractivity contribution in [2.45, 2.75) is 18.6 Å². The van der Waals surface area contributed by atoms with Gasteiger partial charge >= 0.3 is 12.0 Å². The van der Waals surface area contributed by atoms with E-state index in [-0.39, 0.29) is 0 Å². The molecule has 0 aromatic rings. The number of carbonyl (C=O) groups is 1. The van der Waals surface area contributed by atoms with Gasteiger partial charge in [0.25, 0.3) is 0 Å². The van der Waals surface area contributed by atoms with E-state index in [9.17, 15) is 18.1 Å². The van der Waals surface area contributed by atoms with E-state index >= 15 is 0 Å². The van der Waals surface area contributed by atoms with Gasteiger partial charge in [0.2, 0.25) is 0 Å². The zero-order chi connectivity index (χ0) is 10.3. The quantitative estimate of drug-likeness (QED) is 0.639. The standard InChI is InChI=1S/C6H8F3NO3/c1-5(12)2-10(3-5)6(7,8)4(11)13-9/h12H,2-3H2,1H3. The Morgan fingerprint density at radius 2 is 2.08 bits per heavy atom. The molecule has 13 heavy (non-hydrogen) atoms. The maximum Gasteiger partial charge on any atom is 0.434 e. The molecule has 1 fully saturated rings. The fourth-order valence-electron chi connectivity index (χ4n) is 1.15. The second-order valence-electron chi connectivity index (χ2n) is 3.26. The molecule has 1 saturated heterocycles. The van der Waals surface area contributed by atoms with E-state index in [1.807, 2.05) is 0 Å². The third kappa shape index (κ3) is 1.75. The molecule has 7 heteroatoms. The van der Waals surface area contributed by atoms with E-state index in [1.165, 1.54) is 6.92 Å². The number of aliphatic hydroxyl groups is 1. The fourth-order valence-corrected chi connectivity index (χ4v) is 1.15. The fraction of sp³-hybridized carbons (Fsp3) is 0.833. The highest BCUT2D eigenvalue weighted by molar-refractivity contribution is 5.76. The lowest BCUT2D eigenvalue weighted by atomic mass is 9.96. The summed E-state index contributed by atoms with van der Waals surface area (Å²) in [5.74, 6) is -2.26. The summed E-state index contributed by atoms with van der Waals surface area (Å²) in [7, 11) is 0. The number of hydrogen-bond donors (Lipinski definition) is 1. The first-order valence-electron chi connectivity index (χ1n) is 3.48. The van der Waals surface area contributed by atoms with Crippen LogP contribution < -0.4 is 0 Å². The minimum Gasteiger partial charge on any atom is -0.387 e. The molecule has 0 aromatic carbocycles. The third-order valence-electron chi connectivity index (χ3n) is 1.78. The van der Waals surface area contributed by atoms with E-state index in [0.717, 1.165) is 0 Å². The molecule has 0 atom stereocenters. The molecule has 0 spiro atoms. The van der Waals surface area contributed by atoms with Gasteiger partial charge in [-0.25, -0.2) is 14.6 Å². The van der Waals surface area contributed by atoms with Gasteiger partial charge < -0.3 is 5.11 Å². The van der Waals surface area contributed by atoms with Crippen LogP contribution in [-0.2, 0) is 9.74 Å². The number of hydrogen-bond acceptors (Lipinski definition) is 4. The van der Waals surface area contributed by atoms with E-state index in [2.05, 4.69) is 4.94 Å². The molecular weight excluding hydrogens is 191 g/mol. The number of rotatable bonds is 2. The predicted molar refractivity (Wildman–Crippen MR) is 34.3 cm³/mol. The highest BCUT2D eigenvalue weighted by atomic mass is 19.3. The molecule has 1 heterocycles. The van der Waals surface area contributed by atoms with Crippen LogP contribution in [0.25, 0.3) is 0 Å². The molecule has 0 radical (unpaired) electrons. The van der Waals surface area contributed by atoms with Gasteiger partial charge in [-0.2, -0.15) is 8.78 Å². The Morgan fingerprint density at radius 3 is 2.38 bits per heavy atom. The summed E-state index contributed by atoms with van der Waals surface area (Å²) in [6.45, 7) is 0.546. The first kappa shape index (κ1) is 10.3. The van der Waals surface area contributed by atoms with E-state index < -0.39 is 30.7 Å². The third-order valence-corrected chi connectivity index (χ3v) is 1.78. The summed E-state index contributed by atoms with van der Waals surface area (Å²) in [5, 5.41) is 9.08. The summed E-state index contributed by atoms with van der Waals surface area (Å²) in [5.41, 5.74) is -1.25. The van der Waals surface area contributed by atoms with E-state index in [4.69, 9.17) is 5.11 Å². The van der Waals surface area contributed by atoms with Crippen molar-refractivity contribution in [3.63, 3.8) is 0 Å². The maximum atomic E-state index is 12.7. The molecule has 0 saturated carbocycles. The minimum atomic E-state index is -4.00. The lowest BCUT2D eigenvalue weighted by Crippen LogP contribution is -2.67. The smallest absolute Gasteiger partial charge is 0.387 e. The topological polar surface area (TPSA) is 49.8 Å². The van der Waals surface area contributed by atoms with Gasteiger partial charge in [0.1, 0.15) is 0 Å².